The molecule has 1 aliphatic carbocycles. The number of nitrogens with zero attached hydrogens (tertiary/aromatic N) is 2. The van der Waals surface area contributed by atoms with Gasteiger partial charge in [0, 0.05) is 40.2 Å². The second-order valence-electron chi connectivity index (χ2n) is 6.54. The Bertz CT molecular complexity index is 799. The molecule has 1 N–H and O–H groups in total. The Morgan fingerprint density at radius 1 is 1.35 bits per heavy atom. The minimum absolute atomic E-state index is 0.0576. The van der Waals surface area contributed by atoms with E-state index in [9.17, 15) is 4.21 Å². The van der Waals surface area contributed by atoms with Crippen molar-refractivity contribution in [2.75, 3.05) is 5.75 Å². The fourth-order valence-corrected chi connectivity index (χ4v) is 5.03. The van der Waals surface area contributed by atoms with Crippen LogP contribution in [0.2, 0.25) is 5.15 Å². The molecule has 26 heavy (non-hydrogen) atoms. The molecule has 0 amide bonds. The number of thiol groups is 1. The minimum atomic E-state index is -0.754. The summed E-state index contributed by atoms with van der Waals surface area (Å²) in [6, 6.07) is 1.93. The van der Waals surface area contributed by atoms with Crippen LogP contribution in [-0.2, 0) is 10.8 Å². The van der Waals surface area contributed by atoms with Gasteiger partial charge in [0.05, 0.1) is 5.39 Å². The fraction of sp³-hybridized carbons (Fsp3) is 0.556. The number of ether oxygens (including phenoxy) is 1. The Morgan fingerprint density at radius 2 is 2.12 bits per heavy atom. The van der Waals surface area contributed by atoms with E-state index in [1.54, 1.807) is 6.20 Å². The van der Waals surface area contributed by atoms with Crippen molar-refractivity contribution in [1.82, 2.24) is 14.7 Å². The second-order valence-corrected chi connectivity index (χ2v) is 9.20. The average Bonchev–Trinajstić information content (AvgIpc) is 2.61. The third kappa shape index (κ3) is 4.16. The summed E-state index contributed by atoms with van der Waals surface area (Å²) in [5.74, 6) is 1.26. The molecule has 0 spiro atoms. The normalized spacial score (nSPS) is 22.0. The molecule has 2 atom stereocenters. The van der Waals surface area contributed by atoms with E-state index in [1.807, 2.05) is 19.2 Å². The van der Waals surface area contributed by atoms with Gasteiger partial charge in [0.15, 0.2) is 0 Å². The molecule has 0 bridgehead atoms. The van der Waals surface area contributed by atoms with Gasteiger partial charge in [0.1, 0.15) is 11.3 Å². The van der Waals surface area contributed by atoms with E-state index < -0.39 is 10.8 Å². The highest BCUT2D eigenvalue weighted by Crippen LogP contribution is 2.35. The quantitative estimate of drug-likeness (QED) is 0.500. The monoisotopic (exact) mass is 413 g/mol. The number of fused-ring (bicyclic) bond motifs is 1. The van der Waals surface area contributed by atoms with Crippen LogP contribution in [0.3, 0.4) is 0 Å². The Morgan fingerprint density at radius 3 is 2.77 bits per heavy atom. The van der Waals surface area contributed by atoms with Crippen molar-refractivity contribution in [3.05, 3.63) is 29.2 Å². The van der Waals surface area contributed by atoms with E-state index in [-0.39, 0.29) is 17.4 Å². The third-order valence-electron chi connectivity index (χ3n) is 4.83. The van der Waals surface area contributed by atoms with Gasteiger partial charge >= 0.3 is 0 Å². The molecule has 2 unspecified atom stereocenters. The largest absolute Gasteiger partial charge is 0.474 e. The van der Waals surface area contributed by atoms with Crippen LogP contribution in [0.25, 0.3) is 10.8 Å². The highest BCUT2D eigenvalue weighted by Gasteiger charge is 2.35. The van der Waals surface area contributed by atoms with Gasteiger partial charge in [-0.3, -0.25) is 8.93 Å². The Kier molecular flexibility index (Phi) is 6.77. The van der Waals surface area contributed by atoms with Crippen molar-refractivity contribution >= 4 is 46.0 Å². The molecule has 2 aromatic rings. The van der Waals surface area contributed by atoms with Crippen molar-refractivity contribution in [1.29, 1.82) is 0 Å². The lowest BCUT2D eigenvalue weighted by molar-refractivity contribution is 0.121. The van der Waals surface area contributed by atoms with Crippen LogP contribution in [0.5, 0.6) is 5.88 Å². The number of aromatic nitrogens is 2. The van der Waals surface area contributed by atoms with Gasteiger partial charge in [-0.25, -0.2) is 9.97 Å². The van der Waals surface area contributed by atoms with Crippen LogP contribution in [0.15, 0.2) is 18.5 Å². The summed E-state index contributed by atoms with van der Waals surface area (Å²) in [7, 11) is -0.754. The van der Waals surface area contributed by atoms with Gasteiger partial charge in [0.25, 0.3) is 0 Å². The number of halogens is 1. The highest BCUT2D eigenvalue weighted by atomic mass is 35.5. The predicted octanol–water partition coefficient (Wildman–Crippen LogP) is 4.24. The van der Waals surface area contributed by atoms with E-state index in [4.69, 9.17) is 16.3 Å². The molecule has 2 aromatic heterocycles. The zero-order valence-corrected chi connectivity index (χ0v) is 17.4. The topological polar surface area (TPSA) is 64.1 Å². The van der Waals surface area contributed by atoms with Gasteiger partial charge in [0.2, 0.25) is 5.88 Å². The summed E-state index contributed by atoms with van der Waals surface area (Å²) in [6.45, 7) is 4.09. The Hall–Kier alpha value is -0.890. The second kappa shape index (κ2) is 8.87. The highest BCUT2D eigenvalue weighted by molar-refractivity contribution is 7.85. The smallest absolute Gasteiger partial charge is 0.223 e. The molecule has 142 valence electrons. The van der Waals surface area contributed by atoms with E-state index in [1.165, 1.54) is 0 Å². The van der Waals surface area contributed by atoms with Crippen molar-refractivity contribution in [3.8, 4) is 5.88 Å². The molecule has 2 heterocycles. The lowest BCUT2D eigenvalue weighted by Gasteiger charge is -2.34. The fourth-order valence-electron chi connectivity index (χ4n) is 3.28. The molecule has 0 aliphatic heterocycles. The maximum atomic E-state index is 11.9. The molecular weight excluding hydrogens is 390 g/mol. The molecule has 0 radical (unpaired) electrons. The molecule has 1 saturated carbocycles. The maximum absolute atomic E-state index is 11.9. The molecule has 1 fully saturated rings. The lowest BCUT2D eigenvalue weighted by Crippen LogP contribution is -2.41. The zero-order valence-electron chi connectivity index (χ0n) is 14.9. The number of rotatable bonds is 8. The number of hydrogen-bond acceptors (Lipinski definition) is 6. The van der Waals surface area contributed by atoms with E-state index >= 15 is 0 Å². The first kappa shape index (κ1) is 19.9. The molecule has 8 heteroatoms. The van der Waals surface area contributed by atoms with Gasteiger partial charge < -0.3 is 4.74 Å². The SMILES string of the molecule is CCCC(NS)c1cnc(OC2CC(S(=O)CC)C2)c2cnc(Cl)cc12. The third-order valence-corrected chi connectivity index (χ3v) is 7.04. The van der Waals surface area contributed by atoms with Gasteiger partial charge in [-0.15, -0.1) is 0 Å². The van der Waals surface area contributed by atoms with Crippen LogP contribution in [0, 0.1) is 0 Å². The van der Waals surface area contributed by atoms with Crippen LogP contribution < -0.4 is 9.46 Å². The average molecular weight is 414 g/mol. The van der Waals surface area contributed by atoms with Crippen LogP contribution in [-0.4, -0.2) is 31.3 Å². The van der Waals surface area contributed by atoms with Crippen molar-refractivity contribution < 1.29 is 8.95 Å². The van der Waals surface area contributed by atoms with Gasteiger partial charge in [-0.2, -0.15) is 0 Å². The summed E-state index contributed by atoms with van der Waals surface area (Å²) in [4.78, 5) is 8.75. The summed E-state index contributed by atoms with van der Waals surface area (Å²) in [5, 5.41) is 2.50. The van der Waals surface area contributed by atoms with Crippen LogP contribution >= 0.6 is 24.4 Å². The first-order valence-electron chi connectivity index (χ1n) is 8.94. The molecule has 5 nitrogen and oxygen atoms in total. The molecular formula is C18H24ClN3O2S2. The molecule has 0 aromatic carbocycles. The lowest BCUT2D eigenvalue weighted by atomic mass is 9.95. The van der Waals surface area contributed by atoms with Gasteiger partial charge in [-0.1, -0.05) is 44.7 Å². The van der Waals surface area contributed by atoms with Crippen molar-refractivity contribution in [3.63, 3.8) is 0 Å². The Labute approximate surface area is 167 Å². The minimum Gasteiger partial charge on any atom is -0.474 e. The summed E-state index contributed by atoms with van der Waals surface area (Å²) in [6.07, 6.45) is 7.18. The first-order valence-corrected chi connectivity index (χ1v) is 11.2. The number of pyridine rings is 2. The molecule has 1 aliphatic rings. The standard InChI is InChI=1S/C18H24ClN3O2S2/c1-3-5-16(22-25)14-9-21-18(15-10-20-17(19)8-13(14)15)24-11-6-12(7-11)26(23)4-2/h8-12,16,22,25H,3-7H2,1-2H3. The predicted molar refractivity (Wildman–Crippen MR) is 110 cm³/mol. The zero-order chi connectivity index (χ0) is 18.7. The van der Waals surface area contributed by atoms with Crippen molar-refractivity contribution in [2.45, 2.75) is 56.9 Å². The first-order chi connectivity index (χ1) is 12.6. The number of nitrogens with one attached hydrogen (secondary N) is 1. The summed E-state index contributed by atoms with van der Waals surface area (Å²) in [5.41, 5.74) is 1.03. The summed E-state index contributed by atoms with van der Waals surface area (Å²) < 4.78 is 21.0. The Balaban J connectivity index is 1.87. The maximum Gasteiger partial charge on any atom is 0.223 e. The van der Waals surface area contributed by atoms with Crippen LogP contribution in [0.1, 0.15) is 51.1 Å². The number of hydrogen-bond donors (Lipinski definition) is 2. The van der Waals surface area contributed by atoms with E-state index in [0.29, 0.717) is 16.8 Å². The van der Waals surface area contributed by atoms with Crippen molar-refractivity contribution in [2.24, 2.45) is 0 Å². The van der Waals surface area contributed by atoms with E-state index in [2.05, 4.69) is 34.4 Å². The van der Waals surface area contributed by atoms with Gasteiger partial charge in [-0.05, 0) is 36.3 Å². The molecule has 0 saturated heterocycles. The van der Waals surface area contributed by atoms with E-state index in [0.717, 1.165) is 42.0 Å². The molecule has 3 rings (SSSR count). The summed E-state index contributed by atoms with van der Waals surface area (Å²) >= 11 is 10.4. The van der Waals surface area contributed by atoms with Crippen LogP contribution in [0.4, 0.5) is 0 Å².